The molecule has 1 aromatic carbocycles. The van der Waals surface area contributed by atoms with Crippen molar-refractivity contribution >= 4 is 11.8 Å². The molecule has 3 heteroatoms. The standard InChI is InChI=1S/C14H19NOS/c1-10-14(15,6-7-16-10)9-12-8-11-4-2-3-5-13(11)17-12/h2-5,10,12H,6-9,15H2,1H3. The first kappa shape index (κ1) is 11.6. The fourth-order valence-corrected chi connectivity index (χ4v) is 4.33. The van der Waals surface area contributed by atoms with Gasteiger partial charge >= 0.3 is 0 Å². The highest BCUT2D eigenvalue weighted by Crippen LogP contribution is 2.42. The predicted octanol–water partition coefficient (Wildman–Crippen LogP) is 2.60. The van der Waals surface area contributed by atoms with Gasteiger partial charge in [0.05, 0.1) is 6.10 Å². The number of benzene rings is 1. The number of ether oxygens (including phenoxy) is 1. The van der Waals surface area contributed by atoms with E-state index in [1.54, 1.807) is 0 Å². The van der Waals surface area contributed by atoms with Gasteiger partial charge in [-0.05, 0) is 37.8 Å². The van der Waals surface area contributed by atoms with E-state index in [9.17, 15) is 0 Å². The summed E-state index contributed by atoms with van der Waals surface area (Å²) in [6.45, 7) is 2.93. The fourth-order valence-electron chi connectivity index (χ4n) is 2.85. The Hall–Kier alpha value is -0.510. The van der Waals surface area contributed by atoms with Crippen LogP contribution in [-0.2, 0) is 11.2 Å². The number of hydrogen-bond donors (Lipinski definition) is 1. The minimum atomic E-state index is -0.111. The number of fused-ring (bicyclic) bond motifs is 1. The summed E-state index contributed by atoms with van der Waals surface area (Å²) < 4.78 is 5.62. The quantitative estimate of drug-likeness (QED) is 0.875. The van der Waals surface area contributed by atoms with Crippen LogP contribution in [0.4, 0.5) is 0 Å². The molecule has 2 heterocycles. The summed E-state index contributed by atoms with van der Waals surface area (Å²) >= 11 is 1.99. The Morgan fingerprint density at radius 1 is 1.47 bits per heavy atom. The van der Waals surface area contributed by atoms with Crippen LogP contribution in [0, 0.1) is 0 Å². The van der Waals surface area contributed by atoms with Gasteiger partial charge in [-0.15, -0.1) is 11.8 Å². The molecule has 2 nitrogen and oxygen atoms in total. The second-order valence-electron chi connectivity index (χ2n) is 5.25. The van der Waals surface area contributed by atoms with E-state index in [0.29, 0.717) is 5.25 Å². The summed E-state index contributed by atoms with van der Waals surface area (Å²) in [5.74, 6) is 0. The number of thioether (sulfide) groups is 1. The van der Waals surface area contributed by atoms with Gasteiger partial charge in [0.15, 0.2) is 0 Å². The Kier molecular flexibility index (Phi) is 2.93. The van der Waals surface area contributed by atoms with Gasteiger partial charge in [-0.25, -0.2) is 0 Å². The SMILES string of the molecule is CC1OCCC1(N)CC1Cc2ccccc2S1. The summed E-state index contributed by atoms with van der Waals surface area (Å²) in [6, 6.07) is 8.70. The maximum atomic E-state index is 6.48. The molecule has 2 N–H and O–H groups in total. The lowest BCUT2D eigenvalue weighted by molar-refractivity contribution is 0.0928. The minimum absolute atomic E-state index is 0.111. The Balaban J connectivity index is 1.70. The Bertz CT molecular complexity index is 397. The Morgan fingerprint density at radius 3 is 3.00 bits per heavy atom. The van der Waals surface area contributed by atoms with Gasteiger partial charge in [0.2, 0.25) is 0 Å². The molecule has 17 heavy (non-hydrogen) atoms. The van der Waals surface area contributed by atoms with Gasteiger partial charge in [-0.3, -0.25) is 0 Å². The first-order chi connectivity index (χ1) is 8.17. The third-order valence-corrected chi connectivity index (χ3v) is 5.39. The average Bonchev–Trinajstić information content (AvgIpc) is 2.83. The van der Waals surface area contributed by atoms with Crippen molar-refractivity contribution in [3.05, 3.63) is 29.8 Å². The molecular formula is C14H19NOS. The number of hydrogen-bond acceptors (Lipinski definition) is 3. The van der Waals surface area contributed by atoms with E-state index in [-0.39, 0.29) is 11.6 Å². The van der Waals surface area contributed by atoms with Crippen molar-refractivity contribution in [2.75, 3.05) is 6.61 Å². The minimum Gasteiger partial charge on any atom is -0.377 e. The molecule has 3 rings (SSSR count). The summed E-state index contributed by atoms with van der Waals surface area (Å²) in [5.41, 5.74) is 7.85. The van der Waals surface area contributed by atoms with E-state index in [1.807, 2.05) is 11.8 Å². The van der Waals surface area contributed by atoms with Gasteiger partial charge in [-0.2, -0.15) is 0 Å². The third-order valence-electron chi connectivity index (χ3n) is 4.07. The van der Waals surface area contributed by atoms with E-state index >= 15 is 0 Å². The fraction of sp³-hybridized carbons (Fsp3) is 0.571. The van der Waals surface area contributed by atoms with Gasteiger partial charge in [0, 0.05) is 22.3 Å². The van der Waals surface area contributed by atoms with E-state index in [0.717, 1.165) is 25.9 Å². The molecule has 0 radical (unpaired) electrons. The molecule has 92 valence electrons. The maximum Gasteiger partial charge on any atom is 0.0727 e. The molecular weight excluding hydrogens is 230 g/mol. The van der Waals surface area contributed by atoms with Crippen LogP contribution >= 0.6 is 11.8 Å². The van der Waals surface area contributed by atoms with Crippen LogP contribution in [-0.4, -0.2) is 23.5 Å². The third kappa shape index (κ3) is 2.12. The van der Waals surface area contributed by atoms with E-state index in [2.05, 4.69) is 31.2 Å². The summed E-state index contributed by atoms with van der Waals surface area (Å²) in [6.07, 6.45) is 3.42. The highest BCUT2D eigenvalue weighted by molar-refractivity contribution is 8.00. The van der Waals surface area contributed by atoms with Crippen molar-refractivity contribution in [2.45, 2.75) is 48.0 Å². The predicted molar refractivity (Wildman–Crippen MR) is 71.4 cm³/mol. The lowest BCUT2D eigenvalue weighted by Crippen LogP contribution is -2.48. The molecule has 1 saturated heterocycles. The molecule has 0 bridgehead atoms. The van der Waals surface area contributed by atoms with Gasteiger partial charge in [0.1, 0.15) is 0 Å². The molecule has 0 aliphatic carbocycles. The summed E-state index contributed by atoms with van der Waals surface area (Å²) in [4.78, 5) is 1.44. The molecule has 0 spiro atoms. The van der Waals surface area contributed by atoms with Crippen molar-refractivity contribution in [1.29, 1.82) is 0 Å². The van der Waals surface area contributed by atoms with Crippen molar-refractivity contribution in [2.24, 2.45) is 5.73 Å². The lowest BCUT2D eigenvalue weighted by atomic mass is 9.87. The van der Waals surface area contributed by atoms with Crippen molar-refractivity contribution < 1.29 is 4.74 Å². The van der Waals surface area contributed by atoms with Crippen LogP contribution in [0.2, 0.25) is 0 Å². The first-order valence-electron chi connectivity index (χ1n) is 6.32. The molecule has 2 aliphatic heterocycles. The highest BCUT2D eigenvalue weighted by Gasteiger charge is 2.40. The Labute approximate surface area is 107 Å². The normalized spacial score (nSPS) is 36.1. The van der Waals surface area contributed by atoms with Crippen molar-refractivity contribution in [3.8, 4) is 0 Å². The maximum absolute atomic E-state index is 6.48. The molecule has 3 unspecified atom stereocenters. The van der Waals surface area contributed by atoms with Crippen LogP contribution in [0.25, 0.3) is 0 Å². The van der Waals surface area contributed by atoms with Gasteiger partial charge in [0.25, 0.3) is 0 Å². The largest absolute Gasteiger partial charge is 0.377 e. The molecule has 2 aliphatic rings. The smallest absolute Gasteiger partial charge is 0.0727 e. The zero-order valence-corrected chi connectivity index (χ0v) is 11.0. The molecule has 0 aromatic heterocycles. The second-order valence-corrected chi connectivity index (χ2v) is 6.59. The average molecular weight is 249 g/mol. The van der Waals surface area contributed by atoms with Gasteiger partial charge < -0.3 is 10.5 Å². The molecule has 3 atom stereocenters. The number of rotatable bonds is 2. The Morgan fingerprint density at radius 2 is 2.29 bits per heavy atom. The summed E-state index contributed by atoms with van der Waals surface area (Å²) in [7, 11) is 0. The van der Waals surface area contributed by atoms with Crippen molar-refractivity contribution in [1.82, 2.24) is 0 Å². The second kappa shape index (κ2) is 4.30. The molecule has 0 amide bonds. The summed E-state index contributed by atoms with van der Waals surface area (Å²) in [5, 5.41) is 0.626. The highest BCUT2D eigenvalue weighted by atomic mass is 32.2. The number of nitrogens with two attached hydrogens (primary N) is 1. The molecule has 0 saturated carbocycles. The van der Waals surface area contributed by atoms with Gasteiger partial charge in [-0.1, -0.05) is 18.2 Å². The van der Waals surface area contributed by atoms with Crippen LogP contribution in [0.3, 0.4) is 0 Å². The van der Waals surface area contributed by atoms with E-state index in [4.69, 9.17) is 10.5 Å². The topological polar surface area (TPSA) is 35.2 Å². The zero-order chi connectivity index (χ0) is 11.9. The monoisotopic (exact) mass is 249 g/mol. The van der Waals surface area contributed by atoms with Crippen LogP contribution in [0.5, 0.6) is 0 Å². The van der Waals surface area contributed by atoms with Crippen LogP contribution < -0.4 is 5.73 Å². The van der Waals surface area contributed by atoms with Crippen LogP contribution in [0.1, 0.15) is 25.3 Å². The van der Waals surface area contributed by atoms with Crippen molar-refractivity contribution in [3.63, 3.8) is 0 Å². The molecule has 1 aromatic rings. The first-order valence-corrected chi connectivity index (χ1v) is 7.20. The molecule has 1 fully saturated rings. The lowest BCUT2D eigenvalue weighted by Gasteiger charge is -2.29. The van der Waals surface area contributed by atoms with Crippen LogP contribution in [0.15, 0.2) is 29.2 Å². The van der Waals surface area contributed by atoms with E-state index < -0.39 is 0 Å². The van der Waals surface area contributed by atoms with E-state index in [1.165, 1.54) is 10.5 Å². The zero-order valence-electron chi connectivity index (χ0n) is 10.2.